The van der Waals surface area contributed by atoms with Crippen LogP contribution >= 0.6 is 0 Å². The zero-order valence-electron chi connectivity index (χ0n) is 16.3. The first-order chi connectivity index (χ1) is 13.3. The number of ether oxygens (including phenoxy) is 1. The van der Waals surface area contributed by atoms with Gasteiger partial charge in [0, 0.05) is 24.3 Å². The number of amides is 2. The first-order valence-corrected chi connectivity index (χ1v) is 9.23. The molecule has 0 radical (unpaired) electrons. The Balaban J connectivity index is 1.53. The number of carbonyl (C=O) groups excluding carboxylic acids is 3. The number of hydrogen-bond donors (Lipinski definition) is 1. The summed E-state index contributed by atoms with van der Waals surface area (Å²) in [5, 5.41) is 2.73. The lowest BCUT2D eigenvalue weighted by atomic mass is 10.1. The molecule has 0 spiro atoms. The number of nitrogens with zero attached hydrogens (tertiary/aromatic N) is 1. The highest BCUT2D eigenvalue weighted by Gasteiger charge is 2.36. The molecule has 0 bridgehead atoms. The van der Waals surface area contributed by atoms with Gasteiger partial charge in [0.2, 0.25) is 5.91 Å². The highest BCUT2D eigenvalue weighted by atomic mass is 16.5. The van der Waals surface area contributed by atoms with E-state index < -0.39 is 17.8 Å². The van der Waals surface area contributed by atoms with Crippen molar-refractivity contribution in [3.8, 4) is 0 Å². The lowest BCUT2D eigenvalue weighted by Gasteiger charge is -2.17. The molecule has 0 saturated carbocycles. The Hall–Kier alpha value is -3.15. The molecule has 0 unspecified atom stereocenters. The van der Waals surface area contributed by atoms with Crippen molar-refractivity contribution in [2.75, 3.05) is 23.4 Å². The smallest absolute Gasteiger partial charge is 0.311 e. The van der Waals surface area contributed by atoms with Gasteiger partial charge in [-0.15, -0.1) is 0 Å². The summed E-state index contributed by atoms with van der Waals surface area (Å²) in [6.07, 6.45) is 0.0888. The van der Waals surface area contributed by atoms with Gasteiger partial charge in [-0.25, -0.2) is 0 Å². The highest BCUT2D eigenvalue weighted by Crippen LogP contribution is 2.26. The van der Waals surface area contributed by atoms with Gasteiger partial charge in [-0.3, -0.25) is 14.4 Å². The minimum atomic E-state index is -0.568. The number of anilines is 2. The molecule has 146 valence electrons. The van der Waals surface area contributed by atoms with Crippen molar-refractivity contribution in [3.05, 3.63) is 59.2 Å². The van der Waals surface area contributed by atoms with Crippen LogP contribution in [0.2, 0.25) is 0 Å². The molecule has 6 nitrogen and oxygen atoms in total. The number of hydrogen-bond acceptors (Lipinski definition) is 4. The predicted octanol–water partition coefficient (Wildman–Crippen LogP) is 3.15. The van der Waals surface area contributed by atoms with E-state index >= 15 is 0 Å². The second kappa shape index (κ2) is 8.25. The normalized spacial score (nSPS) is 16.2. The van der Waals surface area contributed by atoms with Gasteiger partial charge in [0.25, 0.3) is 5.91 Å². The van der Waals surface area contributed by atoms with Crippen LogP contribution in [0.4, 0.5) is 11.4 Å². The molecule has 0 aromatic heterocycles. The van der Waals surface area contributed by atoms with Crippen LogP contribution in [-0.2, 0) is 19.1 Å². The fraction of sp³-hybridized carbons (Fsp3) is 0.318. The van der Waals surface area contributed by atoms with E-state index in [1.807, 2.05) is 63.2 Å². The summed E-state index contributed by atoms with van der Waals surface area (Å²) in [6.45, 7) is 5.73. The van der Waals surface area contributed by atoms with Gasteiger partial charge in [0.1, 0.15) is 0 Å². The summed E-state index contributed by atoms with van der Waals surface area (Å²) < 4.78 is 5.15. The van der Waals surface area contributed by atoms with Gasteiger partial charge in [0.15, 0.2) is 6.61 Å². The van der Waals surface area contributed by atoms with Gasteiger partial charge < -0.3 is 15.0 Å². The molecule has 2 amide bonds. The standard InChI is InChI=1S/C22H24N2O4/c1-14-5-4-6-19(10-14)24-12-17(11-21(24)26)22(27)28-13-20(25)23-18-8-15(2)7-16(3)9-18/h4-10,17H,11-13H2,1-3H3,(H,23,25)/t17-/m0/s1. The van der Waals surface area contributed by atoms with Crippen LogP contribution in [0.15, 0.2) is 42.5 Å². The number of carbonyl (C=O) groups is 3. The number of aryl methyl sites for hydroxylation is 3. The van der Waals surface area contributed by atoms with E-state index in [-0.39, 0.29) is 25.5 Å². The molecule has 0 aliphatic carbocycles. The molecule has 3 rings (SSSR count). The van der Waals surface area contributed by atoms with E-state index in [0.29, 0.717) is 5.69 Å². The topological polar surface area (TPSA) is 75.7 Å². The van der Waals surface area contributed by atoms with Crippen molar-refractivity contribution in [2.24, 2.45) is 5.92 Å². The van der Waals surface area contributed by atoms with Crippen molar-refractivity contribution in [3.63, 3.8) is 0 Å². The highest BCUT2D eigenvalue weighted by molar-refractivity contribution is 6.00. The van der Waals surface area contributed by atoms with Crippen LogP contribution in [0.1, 0.15) is 23.1 Å². The molecule has 1 atom stereocenters. The number of nitrogens with one attached hydrogen (secondary N) is 1. The van der Waals surface area contributed by atoms with Crippen LogP contribution < -0.4 is 10.2 Å². The quantitative estimate of drug-likeness (QED) is 0.809. The van der Waals surface area contributed by atoms with Crippen molar-refractivity contribution >= 4 is 29.2 Å². The summed E-state index contributed by atoms with van der Waals surface area (Å²) in [7, 11) is 0. The van der Waals surface area contributed by atoms with Crippen LogP contribution in [0, 0.1) is 26.7 Å². The molecule has 28 heavy (non-hydrogen) atoms. The lowest BCUT2D eigenvalue weighted by Crippen LogP contribution is -2.28. The van der Waals surface area contributed by atoms with Gasteiger partial charge >= 0.3 is 5.97 Å². The zero-order valence-corrected chi connectivity index (χ0v) is 16.3. The van der Waals surface area contributed by atoms with E-state index in [1.54, 1.807) is 4.90 Å². The molecule has 2 aromatic rings. The minimum Gasteiger partial charge on any atom is -0.455 e. The number of rotatable bonds is 5. The second-order valence-electron chi connectivity index (χ2n) is 7.28. The average Bonchev–Trinajstić information content (AvgIpc) is 3.00. The fourth-order valence-electron chi connectivity index (χ4n) is 3.41. The Labute approximate surface area is 164 Å². The van der Waals surface area contributed by atoms with Crippen molar-refractivity contribution in [1.82, 2.24) is 0 Å². The van der Waals surface area contributed by atoms with Gasteiger partial charge in [-0.1, -0.05) is 18.2 Å². The zero-order chi connectivity index (χ0) is 20.3. The van der Waals surface area contributed by atoms with Crippen LogP contribution in [-0.4, -0.2) is 30.9 Å². The van der Waals surface area contributed by atoms with Gasteiger partial charge in [-0.05, 0) is 61.7 Å². The van der Waals surface area contributed by atoms with Crippen LogP contribution in [0.25, 0.3) is 0 Å². The Morgan fingerprint density at radius 2 is 1.79 bits per heavy atom. The molecule has 2 aromatic carbocycles. The fourth-order valence-corrected chi connectivity index (χ4v) is 3.41. The Morgan fingerprint density at radius 3 is 2.46 bits per heavy atom. The maximum Gasteiger partial charge on any atom is 0.311 e. The van der Waals surface area contributed by atoms with Crippen molar-refractivity contribution in [2.45, 2.75) is 27.2 Å². The molecule has 6 heteroatoms. The molecule has 1 N–H and O–H groups in total. The van der Waals surface area contributed by atoms with E-state index in [0.717, 1.165) is 22.4 Å². The molecular formula is C22H24N2O4. The molecule has 1 saturated heterocycles. The third-order valence-corrected chi connectivity index (χ3v) is 4.62. The summed E-state index contributed by atoms with van der Waals surface area (Å²) in [5.41, 5.74) is 4.55. The first kappa shape index (κ1) is 19.6. The van der Waals surface area contributed by atoms with Crippen LogP contribution in [0.3, 0.4) is 0 Å². The van der Waals surface area contributed by atoms with E-state index in [1.165, 1.54) is 0 Å². The molecule has 1 fully saturated rings. The third kappa shape index (κ3) is 4.76. The van der Waals surface area contributed by atoms with E-state index in [9.17, 15) is 14.4 Å². The molecule has 1 aliphatic heterocycles. The minimum absolute atomic E-state index is 0.0888. The largest absolute Gasteiger partial charge is 0.455 e. The maximum atomic E-state index is 12.3. The molecule has 1 aliphatic rings. The molecular weight excluding hydrogens is 356 g/mol. The first-order valence-electron chi connectivity index (χ1n) is 9.23. The average molecular weight is 380 g/mol. The second-order valence-corrected chi connectivity index (χ2v) is 7.28. The Kier molecular flexibility index (Phi) is 5.78. The summed E-state index contributed by atoms with van der Waals surface area (Å²) in [6, 6.07) is 13.3. The lowest BCUT2D eigenvalue weighted by molar-refractivity contribution is -0.151. The summed E-state index contributed by atoms with van der Waals surface area (Å²) >= 11 is 0. The van der Waals surface area contributed by atoms with E-state index in [4.69, 9.17) is 4.74 Å². The number of benzene rings is 2. The monoisotopic (exact) mass is 380 g/mol. The van der Waals surface area contributed by atoms with Crippen molar-refractivity contribution < 1.29 is 19.1 Å². The van der Waals surface area contributed by atoms with Gasteiger partial charge in [-0.2, -0.15) is 0 Å². The Morgan fingerprint density at radius 1 is 1.07 bits per heavy atom. The van der Waals surface area contributed by atoms with Crippen molar-refractivity contribution in [1.29, 1.82) is 0 Å². The van der Waals surface area contributed by atoms with Crippen LogP contribution in [0.5, 0.6) is 0 Å². The predicted molar refractivity (Wildman–Crippen MR) is 107 cm³/mol. The summed E-state index contributed by atoms with van der Waals surface area (Å²) in [4.78, 5) is 38.3. The summed E-state index contributed by atoms with van der Waals surface area (Å²) in [5.74, 6) is -1.62. The molecule has 1 heterocycles. The Bertz CT molecular complexity index is 902. The third-order valence-electron chi connectivity index (χ3n) is 4.62. The number of esters is 1. The maximum absolute atomic E-state index is 12.3. The van der Waals surface area contributed by atoms with E-state index in [2.05, 4.69) is 5.32 Å². The van der Waals surface area contributed by atoms with Gasteiger partial charge in [0.05, 0.1) is 5.92 Å². The SMILES string of the molecule is Cc1cc(C)cc(NC(=O)COC(=O)[C@H]2CC(=O)N(c3cccc(C)c3)C2)c1.